The smallest absolute Gasteiger partial charge is 0.385 e. The Kier molecular flexibility index (Phi) is 4.12. The number of benzene rings is 1. The second kappa shape index (κ2) is 5.37. The molecule has 1 fully saturated rings. The van der Waals surface area contributed by atoms with E-state index in [1.54, 1.807) is 14.0 Å². The van der Waals surface area contributed by atoms with Crippen LogP contribution in [0.15, 0.2) is 18.2 Å². The summed E-state index contributed by atoms with van der Waals surface area (Å²) in [4.78, 5) is 0. The highest BCUT2D eigenvalue weighted by atomic mass is 19.4. The SMILES string of the molecule is COC1CCCC(O)(c2ccc(C(F)(F)F)cc2C)C1. The number of hydrogen-bond donors (Lipinski definition) is 1. The summed E-state index contributed by atoms with van der Waals surface area (Å²) in [6.07, 6.45) is -1.74. The molecule has 2 nitrogen and oxygen atoms in total. The molecule has 1 N–H and O–H groups in total. The number of ether oxygens (including phenoxy) is 1. The third-order valence-corrected chi connectivity index (χ3v) is 4.07. The van der Waals surface area contributed by atoms with Crippen molar-refractivity contribution in [2.24, 2.45) is 0 Å². The summed E-state index contributed by atoms with van der Waals surface area (Å²) < 4.78 is 43.3. The quantitative estimate of drug-likeness (QED) is 0.897. The van der Waals surface area contributed by atoms with Gasteiger partial charge in [-0.25, -0.2) is 0 Å². The largest absolute Gasteiger partial charge is 0.416 e. The van der Waals surface area contributed by atoms with Crippen LogP contribution in [0.25, 0.3) is 0 Å². The van der Waals surface area contributed by atoms with Gasteiger partial charge in [0.25, 0.3) is 0 Å². The lowest BCUT2D eigenvalue weighted by Crippen LogP contribution is -2.36. The number of rotatable bonds is 2. The molecule has 0 heterocycles. The summed E-state index contributed by atoms with van der Waals surface area (Å²) in [6, 6.07) is 3.54. The monoisotopic (exact) mass is 288 g/mol. The number of aliphatic hydroxyl groups is 1. The molecule has 2 atom stereocenters. The molecule has 1 aromatic carbocycles. The molecule has 5 heteroatoms. The van der Waals surface area contributed by atoms with Crippen LogP contribution in [-0.2, 0) is 16.5 Å². The predicted octanol–water partition coefficient (Wildman–Crippen LogP) is 3.79. The fraction of sp³-hybridized carbons (Fsp3) is 0.600. The molecule has 20 heavy (non-hydrogen) atoms. The Balaban J connectivity index is 2.33. The molecular weight excluding hydrogens is 269 g/mol. The minimum atomic E-state index is -4.35. The fourth-order valence-corrected chi connectivity index (χ4v) is 3.01. The van der Waals surface area contributed by atoms with Crippen LogP contribution < -0.4 is 0 Å². The zero-order valence-electron chi connectivity index (χ0n) is 11.6. The normalized spacial score (nSPS) is 27.6. The topological polar surface area (TPSA) is 29.5 Å². The first-order valence-corrected chi connectivity index (χ1v) is 6.70. The second-order valence-corrected chi connectivity index (χ2v) is 5.51. The number of hydrogen-bond acceptors (Lipinski definition) is 2. The van der Waals surface area contributed by atoms with Crippen molar-refractivity contribution in [1.82, 2.24) is 0 Å². The lowest BCUT2D eigenvalue weighted by molar-refractivity contribution is -0.137. The van der Waals surface area contributed by atoms with E-state index in [2.05, 4.69) is 0 Å². The number of methoxy groups -OCH3 is 1. The van der Waals surface area contributed by atoms with Gasteiger partial charge in [0.1, 0.15) is 0 Å². The van der Waals surface area contributed by atoms with Gasteiger partial charge in [-0.3, -0.25) is 0 Å². The summed E-state index contributed by atoms with van der Waals surface area (Å²) in [5, 5.41) is 10.8. The lowest BCUT2D eigenvalue weighted by Gasteiger charge is -2.37. The summed E-state index contributed by atoms with van der Waals surface area (Å²) in [5.41, 5.74) is -0.722. The molecule has 112 valence electrons. The van der Waals surface area contributed by atoms with E-state index >= 15 is 0 Å². The first-order valence-electron chi connectivity index (χ1n) is 6.70. The molecule has 0 bridgehead atoms. The van der Waals surface area contributed by atoms with Gasteiger partial charge in [-0.15, -0.1) is 0 Å². The summed E-state index contributed by atoms with van der Waals surface area (Å²) >= 11 is 0. The first kappa shape index (κ1) is 15.3. The summed E-state index contributed by atoms with van der Waals surface area (Å²) in [5.74, 6) is 0. The highest BCUT2D eigenvalue weighted by molar-refractivity contribution is 5.36. The van der Waals surface area contributed by atoms with E-state index in [-0.39, 0.29) is 6.10 Å². The zero-order chi connectivity index (χ0) is 15.0. The molecule has 1 saturated carbocycles. The molecule has 0 saturated heterocycles. The molecule has 2 unspecified atom stereocenters. The van der Waals surface area contributed by atoms with E-state index in [0.29, 0.717) is 24.0 Å². The van der Waals surface area contributed by atoms with Crippen LogP contribution in [0.4, 0.5) is 13.2 Å². The summed E-state index contributed by atoms with van der Waals surface area (Å²) in [6.45, 7) is 1.61. The first-order chi connectivity index (χ1) is 9.26. The van der Waals surface area contributed by atoms with Crippen LogP contribution in [0, 0.1) is 6.92 Å². The number of alkyl halides is 3. The molecule has 1 aliphatic carbocycles. The van der Waals surface area contributed by atoms with E-state index < -0.39 is 17.3 Å². The van der Waals surface area contributed by atoms with Gasteiger partial charge in [-0.05, 0) is 49.4 Å². The van der Waals surface area contributed by atoms with Crippen LogP contribution in [0.1, 0.15) is 42.4 Å². The van der Waals surface area contributed by atoms with E-state index in [0.717, 1.165) is 25.0 Å². The van der Waals surface area contributed by atoms with E-state index in [1.165, 1.54) is 6.07 Å². The van der Waals surface area contributed by atoms with E-state index in [4.69, 9.17) is 4.74 Å². The molecule has 1 aliphatic rings. The van der Waals surface area contributed by atoms with Crippen LogP contribution in [0.2, 0.25) is 0 Å². The lowest BCUT2D eigenvalue weighted by atomic mass is 9.76. The Bertz CT molecular complexity index is 484. The summed E-state index contributed by atoms with van der Waals surface area (Å²) in [7, 11) is 1.59. The Labute approximate surface area is 116 Å². The molecule has 0 radical (unpaired) electrons. The minimum absolute atomic E-state index is 0.0459. The average Bonchev–Trinajstić information content (AvgIpc) is 2.37. The Morgan fingerprint density at radius 2 is 2.05 bits per heavy atom. The van der Waals surface area contributed by atoms with Crippen LogP contribution in [-0.4, -0.2) is 18.3 Å². The molecule has 0 amide bonds. The van der Waals surface area contributed by atoms with Gasteiger partial charge < -0.3 is 9.84 Å². The van der Waals surface area contributed by atoms with Crippen molar-refractivity contribution in [3.05, 3.63) is 34.9 Å². The predicted molar refractivity (Wildman–Crippen MR) is 69.3 cm³/mol. The van der Waals surface area contributed by atoms with E-state index in [9.17, 15) is 18.3 Å². The standard InChI is InChI=1S/C15H19F3O2/c1-10-8-11(15(16,17)18)5-6-13(10)14(19)7-3-4-12(9-14)20-2/h5-6,8,12,19H,3-4,7,9H2,1-2H3. The second-order valence-electron chi connectivity index (χ2n) is 5.51. The third kappa shape index (κ3) is 2.99. The highest BCUT2D eigenvalue weighted by Crippen LogP contribution is 2.41. The van der Waals surface area contributed by atoms with Gasteiger partial charge in [0.05, 0.1) is 17.3 Å². The van der Waals surface area contributed by atoms with Gasteiger partial charge >= 0.3 is 6.18 Å². The van der Waals surface area contributed by atoms with Crippen molar-refractivity contribution in [2.45, 2.75) is 50.5 Å². The van der Waals surface area contributed by atoms with Crippen molar-refractivity contribution in [1.29, 1.82) is 0 Å². The van der Waals surface area contributed by atoms with Crippen LogP contribution in [0.5, 0.6) is 0 Å². The minimum Gasteiger partial charge on any atom is -0.385 e. The molecule has 0 aliphatic heterocycles. The molecular formula is C15H19F3O2. The molecule has 2 rings (SSSR count). The Morgan fingerprint density at radius 1 is 1.35 bits per heavy atom. The van der Waals surface area contributed by atoms with Crippen molar-refractivity contribution in [3.63, 3.8) is 0 Å². The Hall–Kier alpha value is -1.07. The van der Waals surface area contributed by atoms with Gasteiger partial charge in [0, 0.05) is 13.5 Å². The third-order valence-electron chi connectivity index (χ3n) is 4.07. The maximum Gasteiger partial charge on any atom is 0.416 e. The zero-order valence-corrected chi connectivity index (χ0v) is 11.6. The highest BCUT2D eigenvalue weighted by Gasteiger charge is 2.38. The average molecular weight is 288 g/mol. The van der Waals surface area contributed by atoms with Gasteiger partial charge in [0.2, 0.25) is 0 Å². The van der Waals surface area contributed by atoms with Crippen molar-refractivity contribution in [2.75, 3.05) is 7.11 Å². The molecule has 0 spiro atoms. The van der Waals surface area contributed by atoms with Gasteiger partial charge in [-0.2, -0.15) is 13.2 Å². The van der Waals surface area contributed by atoms with Gasteiger partial charge in [0.15, 0.2) is 0 Å². The maximum absolute atomic E-state index is 12.7. The van der Waals surface area contributed by atoms with Crippen LogP contribution in [0.3, 0.4) is 0 Å². The van der Waals surface area contributed by atoms with Gasteiger partial charge in [-0.1, -0.05) is 6.07 Å². The maximum atomic E-state index is 12.7. The van der Waals surface area contributed by atoms with E-state index in [1.807, 2.05) is 0 Å². The van der Waals surface area contributed by atoms with Crippen molar-refractivity contribution in [3.8, 4) is 0 Å². The van der Waals surface area contributed by atoms with Crippen LogP contribution >= 0.6 is 0 Å². The number of halogens is 3. The number of aryl methyl sites for hydroxylation is 1. The van der Waals surface area contributed by atoms with Crippen molar-refractivity contribution < 1.29 is 23.0 Å². The fourth-order valence-electron chi connectivity index (χ4n) is 3.01. The Morgan fingerprint density at radius 3 is 2.60 bits per heavy atom. The molecule has 1 aromatic rings. The molecule has 0 aromatic heterocycles. The van der Waals surface area contributed by atoms with Crippen molar-refractivity contribution >= 4 is 0 Å².